The lowest BCUT2D eigenvalue weighted by atomic mass is 9.87. The van der Waals surface area contributed by atoms with Crippen molar-refractivity contribution in [2.24, 2.45) is 0 Å². The van der Waals surface area contributed by atoms with Crippen LogP contribution in [0.3, 0.4) is 0 Å². The SMILES string of the molecule is BrCC(Br)C1(Br)CCCCC1Br. The molecule has 4 heteroatoms. The lowest BCUT2D eigenvalue weighted by Crippen LogP contribution is -2.44. The summed E-state index contributed by atoms with van der Waals surface area (Å²) >= 11 is 14.8. The van der Waals surface area contributed by atoms with Crippen LogP contribution in [-0.4, -0.2) is 19.3 Å². The first-order valence-electron chi connectivity index (χ1n) is 4.14. The summed E-state index contributed by atoms with van der Waals surface area (Å²) in [7, 11) is 0. The summed E-state index contributed by atoms with van der Waals surface area (Å²) in [6.07, 6.45) is 5.22. The monoisotopic (exact) mass is 424 g/mol. The van der Waals surface area contributed by atoms with Gasteiger partial charge in [-0.3, -0.25) is 0 Å². The van der Waals surface area contributed by atoms with Crippen molar-refractivity contribution in [3.63, 3.8) is 0 Å². The van der Waals surface area contributed by atoms with Crippen LogP contribution in [0.2, 0.25) is 0 Å². The predicted octanol–water partition coefficient (Wildman–Crippen LogP) is 4.62. The van der Waals surface area contributed by atoms with E-state index in [9.17, 15) is 0 Å². The average Bonchev–Trinajstić information content (AvgIpc) is 2.09. The third-order valence-corrected chi connectivity index (χ3v) is 9.11. The highest BCUT2D eigenvalue weighted by molar-refractivity contribution is 9.14. The van der Waals surface area contributed by atoms with Crippen LogP contribution in [0.25, 0.3) is 0 Å². The zero-order chi connectivity index (χ0) is 9.19. The van der Waals surface area contributed by atoms with Gasteiger partial charge in [-0.25, -0.2) is 0 Å². The second kappa shape index (κ2) is 5.13. The van der Waals surface area contributed by atoms with E-state index in [0.29, 0.717) is 9.65 Å². The molecule has 12 heavy (non-hydrogen) atoms. The predicted molar refractivity (Wildman–Crippen MR) is 69.4 cm³/mol. The van der Waals surface area contributed by atoms with Gasteiger partial charge in [-0.15, -0.1) is 0 Å². The second-order valence-corrected chi connectivity index (χ2v) is 7.60. The van der Waals surface area contributed by atoms with Crippen molar-refractivity contribution in [3.05, 3.63) is 0 Å². The van der Waals surface area contributed by atoms with Crippen molar-refractivity contribution in [1.29, 1.82) is 0 Å². The molecular formula is C8H12Br4. The van der Waals surface area contributed by atoms with E-state index in [2.05, 4.69) is 63.7 Å². The number of alkyl halides is 4. The smallest absolute Gasteiger partial charge is 0.0515 e. The highest BCUT2D eigenvalue weighted by Crippen LogP contribution is 2.45. The van der Waals surface area contributed by atoms with E-state index in [-0.39, 0.29) is 4.32 Å². The van der Waals surface area contributed by atoms with Crippen molar-refractivity contribution in [2.45, 2.75) is 39.7 Å². The summed E-state index contributed by atoms with van der Waals surface area (Å²) in [4.78, 5) is 1.11. The zero-order valence-corrected chi connectivity index (χ0v) is 13.0. The van der Waals surface area contributed by atoms with E-state index in [1.54, 1.807) is 0 Å². The van der Waals surface area contributed by atoms with Crippen LogP contribution in [0.4, 0.5) is 0 Å². The summed E-state index contributed by atoms with van der Waals surface area (Å²) in [5, 5.41) is 1.00. The average molecular weight is 428 g/mol. The molecule has 0 aromatic heterocycles. The molecule has 1 fully saturated rings. The van der Waals surface area contributed by atoms with E-state index in [1.807, 2.05) is 0 Å². The van der Waals surface area contributed by atoms with Gasteiger partial charge in [0.1, 0.15) is 0 Å². The van der Waals surface area contributed by atoms with Crippen LogP contribution < -0.4 is 0 Å². The molecule has 0 bridgehead atoms. The van der Waals surface area contributed by atoms with Crippen molar-refractivity contribution < 1.29 is 0 Å². The Morgan fingerprint density at radius 3 is 2.58 bits per heavy atom. The normalized spacial score (nSPS) is 39.5. The van der Waals surface area contributed by atoms with Gasteiger partial charge in [-0.2, -0.15) is 0 Å². The molecule has 0 heterocycles. The van der Waals surface area contributed by atoms with Gasteiger partial charge in [-0.05, 0) is 12.8 Å². The molecule has 1 rings (SSSR count). The first-order chi connectivity index (χ1) is 5.61. The molecule has 3 atom stereocenters. The van der Waals surface area contributed by atoms with Crippen molar-refractivity contribution in [3.8, 4) is 0 Å². The van der Waals surface area contributed by atoms with E-state index < -0.39 is 0 Å². The second-order valence-electron chi connectivity index (χ2n) is 3.26. The highest BCUT2D eigenvalue weighted by atomic mass is 79.9. The number of halogens is 4. The van der Waals surface area contributed by atoms with Gasteiger partial charge in [0.05, 0.1) is 4.32 Å². The third-order valence-electron chi connectivity index (χ3n) is 2.44. The molecule has 0 nitrogen and oxygen atoms in total. The number of hydrogen-bond acceptors (Lipinski definition) is 0. The van der Waals surface area contributed by atoms with Crippen molar-refractivity contribution in [1.82, 2.24) is 0 Å². The molecule has 1 aliphatic carbocycles. The lowest BCUT2D eigenvalue weighted by Gasteiger charge is -2.39. The Balaban J connectivity index is 2.65. The summed E-state index contributed by atoms with van der Waals surface area (Å²) in [6.45, 7) is 0. The fraction of sp³-hybridized carbons (Fsp3) is 1.00. The topological polar surface area (TPSA) is 0 Å². The minimum atomic E-state index is 0.245. The van der Waals surface area contributed by atoms with Crippen LogP contribution in [0.1, 0.15) is 25.7 Å². The molecule has 0 saturated heterocycles. The summed E-state index contributed by atoms with van der Waals surface area (Å²) < 4.78 is 0.245. The fourth-order valence-electron chi connectivity index (χ4n) is 1.60. The Labute approximate surface area is 108 Å². The first-order valence-corrected chi connectivity index (χ1v) is 7.89. The summed E-state index contributed by atoms with van der Waals surface area (Å²) in [6, 6.07) is 0. The molecule has 0 N–H and O–H groups in total. The van der Waals surface area contributed by atoms with E-state index in [4.69, 9.17) is 0 Å². The Morgan fingerprint density at radius 2 is 2.08 bits per heavy atom. The number of hydrogen-bond donors (Lipinski definition) is 0. The minimum absolute atomic E-state index is 0.245. The van der Waals surface area contributed by atoms with Gasteiger partial charge in [0, 0.05) is 15.0 Å². The molecule has 3 unspecified atom stereocenters. The quantitative estimate of drug-likeness (QED) is 0.564. The molecule has 72 valence electrons. The Kier molecular flexibility index (Phi) is 5.12. The largest absolute Gasteiger partial charge is 0.0915 e. The summed E-state index contributed by atoms with van der Waals surface area (Å²) in [5.41, 5.74) is 0. The van der Waals surface area contributed by atoms with E-state index in [1.165, 1.54) is 25.7 Å². The van der Waals surface area contributed by atoms with Crippen LogP contribution >= 0.6 is 63.7 Å². The van der Waals surface area contributed by atoms with Gasteiger partial charge >= 0.3 is 0 Å². The van der Waals surface area contributed by atoms with Crippen molar-refractivity contribution >= 4 is 63.7 Å². The van der Waals surface area contributed by atoms with Gasteiger partial charge in [0.15, 0.2) is 0 Å². The third kappa shape index (κ3) is 2.48. The zero-order valence-electron chi connectivity index (χ0n) is 6.70. The molecule has 0 amide bonds. The standard InChI is InChI=1S/C8H12Br4/c9-5-7(11)8(12)4-2-1-3-6(8)10/h6-7H,1-5H2. The van der Waals surface area contributed by atoms with Crippen LogP contribution in [0.15, 0.2) is 0 Å². The Hall–Kier alpha value is 1.92. The molecule has 0 aromatic rings. The lowest BCUT2D eigenvalue weighted by molar-refractivity contribution is 0.425. The Morgan fingerprint density at radius 1 is 1.42 bits per heavy atom. The van der Waals surface area contributed by atoms with Gasteiger partial charge in [0.2, 0.25) is 0 Å². The number of rotatable bonds is 2. The molecule has 1 aliphatic rings. The summed E-state index contributed by atoms with van der Waals surface area (Å²) in [5.74, 6) is 0. The minimum Gasteiger partial charge on any atom is -0.0915 e. The Bertz CT molecular complexity index is 144. The molecule has 0 aromatic carbocycles. The van der Waals surface area contributed by atoms with Crippen molar-refractivity contribution in [2.75, 3.05) is 5.33 Å². The maximum atomic E-state index is 3.86. The molecular weight excluding hydrogens is 416 g/mol. The fourth-order valence-corrected chi connectivity index (χ4v) is 5.05. The molecule has 1 saturated carbocycles. The van der Waals surface area contributed by atoms with Gasteiger partial charge < -0.3 is 0 Å². The first kappa shape index (κ1) is 12.0. The van der Waals surface area contributed by atoms with E-state index >= 15 is 0 Å². The van der Waals surface area contributed by atoms with E-state index in [0.717, 1.165) is 5.33 Å². The maximum absolute atomic E-state index is 3.86. The maximum Gasteiger partial charge on any atom is 0.0515 e. The molecule has 0 spiro atoms. The highest BCUT2D eigenvalue weighted by Gasteiger charge is 2.41. The van der Waals surface area contributed by atoms with Gasteiger partial charge in [-0.1, -0.05) is 76.6 Å². The van der Waals surface area contributed by atoms with Crippen LogP contribution in [0, 0.1) is 0 Å². The molecule has 0 aliphatic heterocycles. The molecule has 0 radical (unpaired) electrons. The van der Waals surface area contributed by atoms with Crippen LogP contribution in [0.5, 0.6) is 0 Å². The van der Waals surface area contributed by atoms with Crippen LogP contribution in [-0.2, 0) is 0 Å². The van der Waals surface area contributed by atoms with Gasteiger partial charge in [0.25, 0.3) is 0 Å².